The highest BCUT2D eigenvalue weighted by Gasteiger charge is 2.37. The van der Waals surface area contributed by atoms with Crippen LogP contribution >= 0.6 is 0 Å². The maximum Gasteiger partial charge on any atom is 0.226 e. The summed E-state index contributed by atoms with van der Waals surface area (Å²) in [6.07, 6.45) is 3.92. The number of nitrogens with one attached hydrogen (secondary N) is 2. The van der Waals surface area contributed by atoms with Crippen molar-refractivity contribution in [3.63, 3.8) is 0 Å². The van der Waals surface area contributed by atoms with E-state index in [0.29, 0.717) is 0 Å². The SMILES string of the molecule is CCC1(C(=O)NCCCN2CCOCC2)CCNCC1. The summed E-state index contributed by atoms with van der Waals surface area (Å²) < 4.78 is 5.33. The topological polar surface area (TPSA) is 53.6 Å². The fourth-order valence-corrected chi connectivity index (χ4v) is 3.16. The lowest BCUT2D eigenvalue weighted by atomic mass is 9.76. The molecule has 0 spiro atoms. The van der Waals surface area contributed by atoms with Gasteiger partial charge in [-0.3, -0.25) is 9.69 Å². The van der Waals surface area contributed by atoms with Gasteiger partial charge in [-0.2, -0.15) is 0 Å². The summed E-state index contributed by atoms with van der Waals surface area (Å²) in [6.45, 7) is 9.67. The van der Waals surface area contributed by atoms with E-state index < -0.39 is 0 Å². The molecule has 0 atom stereocenters. The molecule has 5 nitrogen and oxygen atoms in total. The molecule has 116 valence electrons. The lowest BCUT2D eigenvalue weighted by Gasteiger charge is -2.35. The first-order valence-electron chi connectivity index (χ1n) is 8.06. The summed E-state index contributed by atoms with van der Waals surface area (Å²) in [4.78, 5) is 14.8. The number of hydrogen-bond donors (Lipinski definition) is 2. The molecule has 0 unspecified atom stereocenters. The highest BCUT2D eigenvalue weighted by molar-refractivity contribution is 5.82. The predicted molar refractivity (Wildman–Crippen MR) is 79.7 cm³/mol. The minimum absolute atomic E-state index is 0.121. The average molecular weight is 283 g/mol. The van der Waals surface area contributed by atoms with Crippen LogP contribution in [-0.2, 0) is 9.53 Å². The van der Waals surface area contributed by atoms with E-state index in [1.807, 2.05) is 0 Å². The van der Waals surface area contributed by atoms with Crippen molar-refractivity contribution in [2.75, 3.05) is 52.5 Å². The number of carbonyl (C=O) groups is 1. The zero-order valence-electron chi connectivity index (χ0n) is 12.7. The number of ether oxygens (including phenoxy) is 1. The molecule has 2 fully saturated rings. The zero-order valence-corrected chi connectivity index (χ0v) is 12.7. The molecule has 2 N–H and O–H groups in total. The quantitative estimate of drug-likeness (QED) is 0.701. The normalized spacial score (nSPS) is 23.4. The number of hydrogen-bond acceptors (Lipinski definition) is 4. The van der Waals surface area contributed by atoms with Gasteiger partial charge in [0, 0.05) is 19.6 Å². The fraction of sp³-hybridized carbons (Fsp3) is 0.933. The fourth-order valence-electron chi connectivity index (χ4n) is 3.16. The largest absolute Gasteiger partial charge is 0.379 e. The second-order valence-electron chi connectivity index (χ2n) is 5.95. The highest BCUT2D eigenvalue weighted by Crippen LogP contribution is 2.32. The summed E-state index contributed by atoms with van der Waals surface area (Å²) in [6, 6.07) is 0. The van der Waals surface area contributed by atoms with E-state index >= 15 is 0 Å². The molecule has 5 heteroatoms. The summed E-state index contributed by atoms with van der Waals surface area (Å²) >= 11 is 0. The van der Waals surface area contributed by atoms with Crippen molar-refractivity contribution in [3.05, 3.63) is 0 Å². The van der Waals surface area contributed by atoms with E-state index in [-0.39, 0.29) is 11.3 Å². The molecule has 20 heavy (non-hydrogen) atoms. The third-order valence-corrected chi connectivity index (χ3v) is 4.76. The lowest BCUT2D eigenvalue weighted by molar-refractivity contribution is -0.132. The Hall–Kier alpha value is -0.650. The third kappa shape index (κ3) is 4.17. The van der Waals surface area contributed by atoms with Crippen molar-refractivity contribution in [1.29, 1.82) is 0 Å². The van der Waals surface area contributed by atoms with Crippen molar-refractivity contribution in [3.8, 4) is 0 Å². The Labute approximate surface area is 122 Å². The van der Waals surface area contributed by atoms with Crippen LogP contribution in [0.2, 0.25) is 0 Å². The molecule has 0 radical (unpaired) electrons. The molecule has 0 aromatic heterocycles. The van der Waals surface area contributed by atoms with Crippen LogP contribution in [-0.4, -0.2) is 63.3 Å². The van der Waals surface area contributed by atoms with Crippen LogP contribution in [0.5, 0.6) is 0 Å². The van der Waals surface area contributed by atoms with Crippen LogP contribution in [0.15, 0.2) is 0 Å². The first kappa shape index (κ1) is 15.7. The lowest BCUT2D eigenvalue weighted by Crippen LogP contribution is -2.47. The highest BCUT2D eigenvalue weighted by atomic mass is 16.5. The molecule has 2 aliphatic rings. The van der Waals surface area contributed by atoms with Crippen LogP contribution < -0.4 is 10.6 Å². The Morgan fingerprint density at radius 2 is 2.00 bits per heavy atom. The molecule has 2 aliphatic heterocycles. The summed E-state index contributed by atoms with van der Waals surface area (Å²) in [5.74, 6) is 0.267. The maximum absolute atomic E-state index is 12.4. The molecule has 2 saturated heterocycles. The molecule has 0 aliphatic carbocycles. The van der Waals surface area contributed by atoms with Gasteiger partial charge in [-0.15, -0.1) is 0 Å². The third-order valence-electron chi connectivity index (χ3n) is 4.76. The van der Waals surface area contributed by atoms with Gasteiger partial charge < -0.3 is 15.4 Å². The van der Waals surface area contributed by atoms with E-state index in [4.69, 9.17) is 4.74 Å². The summed E-state index contributed by atoms with van der Waals surface area (Å²) in [5.41, 5.74) is -0.121. The molecular weight excluding hydrogens is 254 g/mol. The molecule has 0 aromatic rings. The number of carbonyl (C=O) groups excluding carboxylic acids is 1. The first-order valence-corrected chi connectivity index (χ1v) is 8.06. The smallest absolute Gasteiger partial charge is 0.226 e. The van der Waals surface area contributed by atoms with Crippen molar-refractivity contribution in [2.24, 2.45) is 5.41 Å². The van der Waals surface area contributed by atoms with Crippen molar-refractivity contribution in [1.82, 2.24) is 15.5 Å². The van der Waals surface area contributed by atoms with Crippen molar-refractivity contribution < 1.29 is 9.53 Å². The van der Waals surface area contributed by atoms with E-state index in [1.165, 1.54) is 0 Å². The molecule has 2 rings (SSSR count). The minimum atomic E-state index is -0.121. The standard InChI is InChI=1S/C15H29N3O2/c1-2-15(4-7-16-8-5-15)14(19)17-6-3-9-18-10-12-20-13-11-18/h16H,2-13H2,1H3,(H,17,19). The van der Waals surface area contributed by atoms with Crippen molar-refractivity contribution >= 4 is 5.91 Å². The minimum Gasteiger partial charge on any atom is -0.379 e. The number of nitrogens with zero attached hydrogens (tertiary/aromatic N) is 1. The van der Waals surface area contributed by atoms with E-state index in [0.717, 1.165) is 78.2 Å². The van der Waals surface area contributed by atoms with Crippen LogP contribution in [0, 0.1) is 5.41 Å². The number of rotatable bonds is 6. The van der Waals surface area contributed by atoms with Gasteiger partial charge in [0.1, 0.15) is 0 Å². The number of amides is 1. The molecule has 0 aromatic carbocycles. The summed E-state index contributed by atoms with van der Waals surface area (Å²) in [5, 5.41) is 6.50. The monoisotopic (exact) mass is 283 g/mol. The summed E-state index contributed by atoms with van der Waals surface area (Å²) in [7, 11) is 0. The molecule has 1 amide bonds. The Balaban J connectivity index is 1.65. The van der Waals surface area contributed by atoms with E-state index in [2.05, 4.69) is 22.5 Å². The van der Waals surface area contributed by atoms with E-state index in [9.17, 15) is 4.79 Å². The van der Waals surface area contributed by atoms with Gasteiger partial charge in [-0.25, -0.2) is 0 Å². The van der Waals surface area contributed by atoms with Crippen LogP contribution in [0.25, 0.3) is 0 Å². The Kier molecular flexibility index (Phi) is 6.26. The second kappa shape index (κ2) is 7.96. The Bertz CT molecular complexity index is 297. The van der Waals surface area contributed by atoms with Gasteiger partial charge in [0.05, 0.1) is 18.6 Å². The van der Waals surface area contributed by atoms with Gasteiger partial charge in [0.25, 0.3) is 0 Å². The Morgan fingerprint density at radius 1 is 1.30 bits per heavy atom. The van der Waals surface area contributed by atoms with E-state index in [1.54, 1.807) is 0 Å². The van der Waals surface area contributed by atoms with Gasteiger partial charge in [-0.1, -0.05) is 6.92 Å². The first-order chi connectivity index (χ1) is 9.77. The maximum atomic E-state index is 12.4. The van der Waals surface area contributed by atoms with Crippen LogP contribution in [0.3, 0.4) is 0 Å². The second-order valence-corrected chi connectivity index (χ2v) is 5.95. The van der Waals surface area contributed by atoms with Crippen molar-refractivity contribution in [2.45, 2.75) is 32.6 Å². The van der Waals surface area contributed by atoms with Crippen LogP contribution in [0.1, 0.15) is 32.6 Å². The molecule has 0 bridgehead atoms. The van der Waals surface area contributed by atoms with Gasteiger partial charge in [0.2, 0.25) is 5.91 Å². The molecular formula is C15H29N3O2. The van der Waals surface area contributed by atoms with Crippen LogP contribution in [0.4, 0.5) is 0 Å². The van der Waals surface area contributed by atoms with Gasteiger partial charge in [-0.05, 0) is 45.3 Å². The number of morpholine rings is 1. The predicted octanol–water partition coefficient (Wildman–Crippen LogP) is 0.605. The number of piperidine rings is 1. The molecule has 2 heterocycles. The van der Waals surface area contributed by atoms with Gasteiger partial charge in [0.15, 0.2) is 0 Å². The molecule has 0 saturated carbocycles. The Morgan fingerprint density at radius 3 is 2.65 bits per heavy atom. The van der Waals surface area contributed by atoms with Gasteiger partial charge >= 0.3 is 0 Å². The average Bonchev–Trinajstić information content (AvgIpc) is 2.53. The zero-order chi connectivity index (χ0) is 14.3.